The largest absolute Gasteiger partial charge is 0.494 e. The molecule has 0 atom stereocenters. The van der Waals surface area contributed by atoms with Crippen LogP contribution in [0.5, 0.6) is 5.75 Å². The second-order valence-electron chi connectivity index (χ2n) is 3.91. The number of ether oxygens (including phenoxy) is 1. The quantitative estimate of drug-likeness (QED) is 0.829. The number of fused-ring (bicyclic) bond motifs is 1. The summed E-state index contributed by atoms with van der Waals surface area (Å²) >= 11 is 1.47. The van der Waals surface area contributed by atoms with E-state index in [1.165, 1.54) is 18.0 Å². The number of benzene rings is 1. The third-order valence-corrected chi connectivity index (χ3v) is 3.32. The molecule has 0 unspecified atom stereocenters. The summed E-state index contributed by atoms with van der Waals surface area (Å²) in [5.41, 5.74) is 7.70. The molecule has 0 saturated carbocycles. The number of allylic oxidation sites excluding steroid dienone is 1. The number of aromatic nitrogens is 2. The van der Waals surface area contributed by atoms with E-state index in [4.69, 9.17) is 10.5 Å². The molecule has 104 valence electrons. The molecule has 0 spiro atoms. The third-order valence-electron chi connectivity index (χ3n) is 2.76. The molecule has 1 aromatic carbocycles. The van der Waals surface area contributed by atoms with Gasteiger partial charge >= 0.3 is 0 Å². The first-order chi connectivity index (χ1) is 9.71. The van der Waals surface area contributed by atoms with Gasteiger partial charge in [-0.25, -0.2) is 4.99 Å². The monoisotopic (exact) mass is 288 g/mol. The SMILES string of the molecule is C=C(/N=C(\C=C/N)c1n[nH]c2c(OC)cccc12)SC. The van der Waals surface area contributed by atoms with Crippen molar-refractivity contribution in [3.05, 3.63) is 47.8 Å². The molecule has 1 aromatic heterocycles. The van der Waals surface area contributed by atoms with Gasteiger partial charge in [0.15, 0.2) is 0 Å². The highest BCUT2D eigenvalue weighted by molar-refractivity contribution is 8.02. The summed E-state index contributed by atoms with van der Waals surface area (Å²) in [4.78, 5) is 4.43. The van der Waals surface area contributed by atoms with Crippen LogP contribution < -0.4 is 10.5 Å². The molecule has 20 heavy (non-hydrogen) atoms. The summed E-state index contributed by atoms with van der Waals surface area (Å²) in [5, 5.41) is 8.91. The van der Waals surface area contributed by atoms with Crippen molar-refractivity contribution in [2.24, 2.45) is 10.7 Å². The van der Waals surface area contributed by atoms with Crippen LogP contribution in [0, 0.1) is 0 Å². The Morgan fingerprint density at radius 1 is 1.55 bits per heavy atom. The minimum absolute atomic E-state index is 0.659. The first-order valence-electron chi connectivity index (χ1n) is 5.92. The Labute approximate surface area is 121 Å². The summed E-state index contributed by atoms with van der Waals surface area (Å²) < 4.78 is 5.31. The molecule has 2 aromatic rings. The zero-order valence-corrected chi connectivity index (χ0v) is 12.2. The number of thioether (sulfide) groups is 1. The summed E-state index contributed by atoms with van der Waals surface area (Å²) in [6, 6.07) is 5.74. The van der Waals surface area contributed by atoms with Crippen LogP contribution in [0.4, 0.5) is 0 Å². The minimum Gasteiger partial charge on any atom is -0.494 e. The fourth-order valence-electron chi connectivity index (χ4n) is 1.82. The number of methoxy groups -OCH3 is 1. The lowest BCUT2D eigenvalue weighted by atomic mass is 10.1. The van der Waals surface area contributed by atoms with E-state index < -0.39 is 0 Å². The molecule has 0 aliphatic rings. The number of nitrogens with one attached hydrogen (secondary N) is 1. The number of H-pyrrole nitrogens is 1. The molecule has 0 aliphatic heterocycles. The smallest absolute Gasteiger partial charge is 0.144 e. The van der Waals surface area contributed by atoms with E-state index in [9.17, 15) is 0 Å². The van der Waals surface area contributed by atoms with Crippen molar-refractivity contribution in [3.8, 4) is 5.75 Å². The van der Waals surface area contributed by atoms with Gasteiger partial charge in [0.25, 0.3) is 0 Å². The average Bonchev–Trinajstić information content (AvgIpc) is 2.90. The van der Waals surface area contributed by atoms with Crippen molar-refractivity contribution in [2.75, 3.05) is 13.4 Å². The van der Waals surface area contributed by atoms with Gasteiger partial charge in [0.1, 0.15) is 17.0 Å². The van der Waals surface area contributed by atoms with Crippen molar-refractivity contribution < 1.29 is 4.74 Å². The molecule has 0 saturated heterocycles. The Balaban J connectivity index is 2.60. The first kappa shape index (κ1) is 14.2. The van der Waals surface area contributed by atoms with Gasteiger partial charge in [0.05, 0.1) is 17.9 Å². The second-order valence-corrected chi connectivity index (χ2v) is 4.79. The van der Waals surface area contributed by atoms with Crippen molar-refractivity contribution in [1.29, 1.82) is 0 Å². The van der Waals surface area contributed by atoms with Gasteiger partial charge in [0, 0.05) is 5.39 Å². The summed E-state index contributed by atoms with van der Waals surface area (Å²) in [5.74, 6) is 0.737. The normalized spacial score (nSPS) is 12.2. The van der Waals surface area contributed by atoms with Gasteiger partial charge in [0.2, 0.25) is 0 Å². The molecule has 3 N–H and O–H groups in total. The maximum absolute atomic E-state index is 5.49. The Morgan fingerprint density at radius 3 is 3.00 bits per heavy atom. The zero-order valence-electron chi connectivity index (χ0n) is 11.4. The highest BCUT2D eigenvalue weighted by Crippen LogP contribution is 2.26. The summed E-state index contributed by atoms with van der Waals surface area (Å²) in [6.07, 6.45) is 5.06. The fourth-order valence-corrected chi connectivity index (χ4v) is 2.01. The molecular weight excluding hydrogens is 272 g/mol. The van der Waals surface area contributed by atoms with E-state index in [0.29, 0.717) is 10.7 Å². The van der Waals surface area contributed by atoms with Crippen LogP contribution in [0.3, 0.4) is 0 Å². The Morgan fingerprint density at radius 2 is 2.35 bits per heavy atom. The number of para-hydroxylation sites is 1. The molecule has 2 rings (SSSR count). The Hall–Kier alpha value is -2.21. The molecule has 0 aliphatic carbocycles. The van der Waals surface area contributed by atoms with Gasteiger partial charge in [-0.15, -0.1) is 11.8 Å². The van der Waals surface area contributed by atoms with Crippen LogP contribution in [0.2, 0.25) is 0 Å². The van der Waals surface area contributed by atoms with Crippen molar-refractivity contribution in [3.63, 3.8) is 0 Å². The predicted molar refractivity (Wildman–Crippen MR) is 85.2 cm³/mol. The number of rotatable bonds is 5. The standard InChI is InChI=1S/C14H16N4OS/c1-9(20-3)16-11(7-8-15)13-10-5-4-6-12(19-2)14(10)18-17-13/h4-8H,1,15H2,2-3H3,(H,17,18)/b8-7-,16-11+. The Bertz CT molecular complexity index is 688. The van der Waals surface area contributed by atoms with E-state index in [2.05, 4.69) is 21.8 Å². The highest BCUT2D eigenvalue weighted by Gasteiger charge is 2.13. The summed E-state index contributed by atoms with van der Waals surface area (Å²) in [6.45, 7) is 3.86. The van der Waals surface area contributed by atoms with Gasteiger partial charge in [-0.3, -0.25) is 5.10 Å². The average molecular weight is 288 g/mol. The molecule has 1 heterocycles. The molecule has 6 heteroatoms. The summed E-state index contributed by atoms with van der Waals surface area (Å²) in [7, 11) is 1.62. The fraction of sp³-hybridized carbons (Fsp3) is 0.143. The van der Waals surface area contributed by atoms with Crippen LogP contribution in [-0.2, 0) is 0 Å². The third kappa shape index (κ3) is 2.70. The predicted octanol–water partition coefficient (Wildman–Crippen LogP) is 2.67. The maximum Gasteiger partial charge on any atom is 0.144 e. The maximum atomic E-state index is 5.49. The van der Waals surface area contributed by atoms with E-state index in [0.717, 1.165) is 22.3 Å². The van der Waals surface area contributed by atoms with Crippen molar-refractivity contribution in [2.45, 2.75) is 0 Å². The van der Waals surface area contributed by atoms with E-state index >= 15 is 0 Å². The number of hydrogen-bond acceptors (Lipinski definition) is 5. The van der Waals surface area contributed by atoms with Crippen molar-refractivity contribution in [1.82, 2.24) is 10.2 Å². The van der Waals surface area contributed by atoms with E-state index in [1.807, 2.05) is 24.5 Å². The molecule has 0 radical (unpaired) electrons. The number of aliphatic imine (C=N–C) groups is 1. The topological polar surface area (TPSA) is 76.3 Å². The molecule has 5 nitrogen and oxygen atoms in total. The Kier molecular flexibility index (Phi) is 4.47. The highest BCUT2D eigenvalue weighted by atomic mass is 32.2. The number of hydrogen-bond donors (Lipinski definition) is 2. The lowest BCUT2D eigenvalue weighted by Crippen LogP contribution is -2.00. The zero-order chi connectivity index (χ0) is 14.5. The van der Waals surface area contributed by atoms with Gasteiger partial charge < -0.3 is 10.5 Å². The van der Waals surface area contributed by atoms with Crippen molar-refractivity contribution >= 4 is 28.4 Å². The first-order valence-corrected chi connectivity index (χ1v) is 7.15. The van der Waals surface area contributed by atoms with Gasteiger partial charge in [-0.2, -0.15) is 5.10 Å². The van der Waals surface area contributed by atoms with Crippen LogP contribution in [0.15, 0.2) is 47.1 Å². The minimum atomic E-state index is 0.659. The van der Waals surface area contributed by atoms with Gasteiger partial charge in [-0.05, 0) is 24.6 Å². The molecular formula is C14H16N4OS. The van der Waals surface area contributed by atoms with E-state index in [-0.39, 0.29) is 0 Å². The number of nitrogens with two attached hydrogens (primary N) is 1. The number of aromatic amines is 1. The lowest BCUT2D eigenvalue weighted by molar-refractivity contribution is 0.419. The van der Waals surface area contributed by atoms with Crippen LogP contribution >= 0.6 is 11.8 Å². The van der Waals surface area contributed by atoms with Crippen LogP contribution in [0.25, 0.3) is 10.9 Å². The molecule has 0 bridgehead atoms. The van der Waals surface area contributed by atoms with E-state index in [1.54, 1.807) is 13.2 Å². The number of nitrogens with zero attached hydrogens (tertiary/aromatic N) is 2. The van der Waals surface area contributed by atoms with Crippen LogP contribution in [-0.4, -0.2) is 29.3 Å². The lowest BCUT2D eigenvalue weighted by Gasteiger charge is -2.02. The van der Waals surface area contributed by atoms with Crippen LogP contribution in [0.1, 0.15) is 5.69 Å². The molecule has 0 fully saturated rings. The molecule has 0 amide bonds. The van der Waals surface area contributed by atoms with Gasteiger partial charge in [-0.1, -0.05) is 18.7 Å². The second kappa shape index (κ2) is 6.29.